The van der Waals surface area contributed by atoms with Crippen molar-refractivity contribution in [1.82, 2.24) is 0 Å². The van der Waals surface area contributed by atoms with Crippen LogP contribution >= 0.6 is 0 Å². The molecule has 0 saturated heterocycles. The maximum absolute atomic E-state index is 11.4. The Hall–Kier alpha value is -1.06. The van der Waals surface area contributed by atoms with Gasteiger partial charge < -0.3 is 9.47 Å². The lowest BCUT2D eigenvalue weighted by atomic mass is 9.93. The van der Waals surface area contributed by atoms with Gasteiger partial charge in [0.2, 0.25) is 0 Å². The first-order chi connectivity index (χ1) is 9.35. The quantitative estimate of drug-likeness (QED) is 0.452. The molecule has 0 radical (unpaired) electrons. The van der Waals surface area contributed by atoms with Crippen molar-refractivity contribution in [3.05, 3.63) is 0 Å². The standard InChI is InChI=1S/C16H30O4/c1-5-6-12-19-14(17)9-7-8-10-15(18)20-13-11-16(2,3)4/h5-13H2,1-4H3. The van der Waals surface area contributed by atoms with Crippen molar-refractivity contribution in [3.8, 4) is 0 Å². The van der Waals surface area contributed by atoms with Crippen molar-refractivity contribution in [2.45, 2.75) is 72.6 Å². The molecule has 0 N–H and O–H groups in total. The summed E-state index contributed by atoms with van der Waals surface area (Å²) in [5.74, 6) is -0.340. The Morgan fingerprint density at radius 1 is 0.850 bits per heavy atom. The van der Waals surface area contributed by atoms with E-state index >= 15 is 0 Å². The third kappa shape index (κ3) is 13.4. The largest absolute Gasteiger partial charge is 0.466 e. The van der Waals surface area contributed by atoms with Crippen LogP contribution in [0.1, 0.15) is 72.6 Å². The average molecular weight is 286 g/mol. The summed E-state index contributed by atoms with van der Waals surface area (Å²) in [6, 6.07) is 0. The van der Waals surface area contributed by atoms with Gasteiger partial charge in [-0.3, -0.25) is 9.59 Å². The molecule has 0 unspecified atom stereocenters. The van der Waals surface area contributed by atoms with E-state index in [0.717, 1.165) is 19.3 Å². The van der Waals surface area contributed by atoms with Crippen molar-refractivity contribution >= 4 is 11.9 Å². The van der Waals surface area contributed by atoms with E-state index in [1.807, 2.05) is 0 Å². The van der Waals surface area contributed by atoms with E-state index in [0.29, 0.717) is 38.9 Å². The topological polar surface area (TPSA) is 52.6 Å². The van der Waals surface area contributed by atoms with Crippen molar-refractivity contribution < 1.29 is 19.1 Å². The first kappa shape index (κ1) is 18.9. The Morgan fingerprint density at radius 3 is 1.80 bits per heavy atom. The summed E-state index contributed by atoms with van der Waals surface area (Å²) < 4.78 is 10.2. The Bertz CT molecular complexity index is 279. The fraction of sp³-hybridized carbons (Fsp3) is 0.875. The second kappa shape index (κ2) is 10.7. The zero-order valence-electron chi connectivity index (χ0n) is 13.5. The zero-order chi connectivity index (χ0) is 15.4. The van der Waals surface area contributed by atoms with Crippen LogP contribution in [0.4, 0.5) is 0 Å². The first-order valence-electron chi connectivity index (χ1n) is 7.66. The van der Waals surface area contributed by atoms with Gasteiger partial charge in [0.15, 0.2) is 0 Å². The first-order valence-corrected chi connectivity index (χ1v) is 7.66. The van der Waals surface area contributed by atoms with Crippen molar-refractivity contribution in [1.29, 1.82) is 0 Å². The molecular formula is C16H30O4. The number of ether oxygens (including phenoxy) is 2. The highest BCUT2D eigenvalue weighted by Gasteiger charge is 2.11. The molecule has 118 valence electrons. The number of carbonyl (C=O) groups excluding carboxylic acids is 2. The second-order valence-electron chi connectivity index (χ2n) is 6.31. The Balaban J connectivity index is 3.45. The molecule has 0 aliphatic rings. The molecule has 0 aromatic rings. The summed E-state index contributed by atoms with van der Waals surface area (Å²) in [5.41, 5.74) is 0.183. The predicted octanol–water partition coefficient (Wildman–Crippen LogP) is 3.87. The van der Waals surface area contributed by atoms with Crippen LogP contribution in [-0.2, 0) is 19.1 Å². The molecule has 4 heteroatoms. The van der Waals surface area contributed by atoms with Gasteiger partial charge in [0.25, 0.3) is 0 Å². The lowest BCUT2D eigenvalue weighted by molar-refractivity contribution is -0.146. The van der Waals surface area contributed by atoms with Crippen molar-refractivity contribution in [2.24, 2.45) is 5.41 Å². The third-order valence-electron chi connectivity index (χ3n) is 2.89. The fourth-order valence-electron chi connectivity index (χ4n) is 1.48. The van der Waals surface area contributed by atoms with E-state index in [1.54, 1.807) is 0 Å². The summed E-state index contributed by atoms with van der Waals surface area (Å²) in [4.78, 5) is 22.8. The summed E-state index contributed by atoms with van der Waals surface area (Å²) >= 11 is 0. The molecule has 0 amide bonds. The molecule has 0 rings (SSSR count). The van der Waals surface area contributed by atoms with Crippen LogP contribution in [0.2, 0.25) is 0 Å². The Labute approximate surface area is 123 Å². The Kier molecular flexibility index (Phi) is 10.1. The van der Waals surface area contributed by atoms with E-state index in [1.165, 1.54) is 0 Å². The number of rotatable bonds is 10. The van der Waals surface area contributed by atoms with Gasteiger partial charge in [-0.05, 0) is 31.1 Å². The van der Waals surface area contributed by atoms with Gasteiger partial charge in [0.1, 0.15) is 0 Å². The molecule has 0 spiro atoms. The van der Waals surface area contributed by atoms with Gasteiger partial charge in [0.05, 0.1) is 13.2 Å². The maximum atomic E-state index is 11.4. The average Bonchev–Trinajstić information content (AvgIpc) is 2.33. The van der Waals surface area contributed by atoms with Gasteiger partial charge in [-0.15, -0.1) is 0 Å². The van der Waals surface area contributed by atoms with Crippen LogP contribution in [0.3, 0.4) is 0 Å². The van der Waals surface area contributed by atoms with Crippen LogP contribution in [0.15, 0.2) is 0 Å². The molecular weight excluding hydrogens is 256 g/mol. The molecule has 0 aromatic heterocycles. The summed E-state index contributed by atoms with van der Waals surface area (Å²) in [7, 11) is 0. The van der Waals surface area contributed by atoms with Crippen LogP contribution < -0.4 is 0 Å². The normalized spacial score (nSPS) is 11.2. The number of esters is 2. The number of carbonyl (C=O) groups is 2. The van der Waals surface area contributed by atoms with Gasteiger partial charge in [-0.25, -0.2) is 0 Å². The van der Waals surface area contributed by atoms with Gasteiger partial charge in [0, 0.05) is 12.8 Å². The van der Waals surface area contributed by atoms with Crippen LogP contribution in [0.5, 0.6) is 0 Å². The molecule has 4 nitrogen and oxygen atoms in total. The SMILES string of the molecule is CCCCOC(=O)CCCCC(=O)OCCC(C)(C)C. The van der Waals surface area contributed by atoms with Crippen molar-refractivity contribution in [2.75, 3.05) is 13.2 Å². The minimum atomic E-state index is -0.173. The van der Waals surface area contributed by atoms with E-state index in [4.69, 9.17) is 9.47 Å². The molecule has 0 bridgehead atoms. The number of hydrogen-bond acceptors (Lipinski definition) is 4. The zero-order valence-corrected chi connectivity index (χ0v) is 13.5. The van der Waals surface area contributed by atoms with Crippen molar-refractivity contribution in [3.63, 3.8) is 0 Å². The molecule has 0 aromatic carbocycles. The third-order valence-corrected chi connectivity index (χ3v) is 2.89. The molecule has 0 saturated carbocycles. The fourth-order valence-corrected chi connectivity index (χ4v) is 1.48. The number of hydrogen-bond donors (Lipinski definition) is 0. The molecule has 0 aliphatic heterocycles. The van der Waals surface area contributed by atoms with Crippen LogP contribution in [0.25, 0.3) is 0 Å². The monoisotopic (exact) mass is 286 g/mol. The van der Waals surface area contributed by atoms with E-state index in [2.05, 4.69) is 27.7 Å². The van der Waals surface area contributed by atoms with Gasteiger partial charge in [-0.1, -0.05) is 34.1 Å². The highest BCUT2D eigenvalue weighted by molar-refractivity contribution is 5.70. The minimum Gasteiger partial charge on any atom is -0.466 e. The minimum absolute atomic E-state index is 0.167. The smallest absolute Gasteiger partial charge is 0.305 e. The highest BCUT2D eigenvalue weighted by atomic mass is 16.5. The summed E-state index contributed by atoms with van der Waals surface area (Å²) in [6.07, 6.45) is 4.92. The van der Waals surface area contributed by atoms with E-state index in [9.17, 15) is 9.59 Å². The molecule has 0 heterocycles. The molecule has 20 heavy (non-hydrogen) atoms. The lowest BCUT2D eigenvalue weighted by Gasteiger charge is -2.17. The molecule has 0 atom stereocenters. The van der Waals surface area contributed by atoms with Crippen LogP contribution in [-0.4, -0.2) is 25.2 Å². The molecule has 0 fully saturated rings. The number of unbranched alkanes of at least 4 members (excludes halogenated alkanes) is 2. The lowest BCUT2D eigenvalue weighted by Crippen LogP contribution is -2.13. The van der Waals surface area contributed by atoms with Gasteiger partial charge >= 0.3 is 11.9 Å². The van der Waals surface area contributed by atoms with Gasteiger partial charge in [-0.2, -0.15) is 0 Å². The second-order valence-corrected chi connectivity index (χ2v) is 6.31. The summed E-state index contributed by atoms with van der Waals surface area (Å²) in [5, 5.41) is 0. The van der Waals surface area contributed by atoms with E-state index < -0.39 is 0 Å². The predicted molar refractivity (Wildman–Crippen MR) is 79.4 cm³/mol. The Morgan fingerprint density at radius 2 is 1.35 bits per heavy atom. The van der Waals surface area contributed by atoms with E-state index in [-0.39, 0.29) is 17.4 Å². The molecule has 0 aliphatic carbocycles. The maximum Gasteiger partial charge on any atom is 0.305 e. The highest BCUT2D eigenvalue weighted by Crippen LogP contribution is 2.18. The summed E-state index contributed by atoms with van der Waals surface area (Å²) in [6.45, 7) is 9.38. The van der Waals surface area contributed by atoms with Crippen LogP contribution in [0, 0.1) is 5.41 Å².